The van der Waals surface area contributed by atoms with E-state index in [4.69, 9.17) is 9.84 Å². The quantitative estimate of drug-likeness (QED) is 0.645. The molecular weight excluding hydrogens is 276 g/mol. The predicted molar refractivity (Wildman–Crippen MR) is 73.0 cm³/mol. The summed E-state index contributed by atoms with van der Waals surface area (Å²) in [6, 6.07) is 9.87. The summed E-state index contributed by atoms with van der Waals surface area (Å²) in [6.07, 6.45) is 1.18. The minimum atomic E-state index is -0.949. The molecule has 0 atom stereocenters. The monoisotopic (exact) mass is 288 g/mol. The minimum absolute atomic E-state index is 0.0377. The maximum atomic E-state index is 10.8. The van der Waals surface area contributed by atoms with Gasteiger partial charge < -0.3 is 20.0 Å². The van der Waals surface area contributed by atoms with E-state index in [-0.39, 0.29) is 24.6 Å². The first kappa shape index (κ1) is 14.4. The van der Waals surface area contributed by atoms with E-state index in [2.05, 4.69) is 4.98 Å². The number of nitrogens with zero attached hydrogens (tertiary/aromatic N) is 2. The van der Waals surface area contributed by atoms with Crippen molar-refractivity contribution in [3.63, 3.8) is 0 Å². The van der Waals surface area contributed by atoms with Gasteiger partial charge >= 0.3 is 11.8 Å². The Hall–Kier alpha value is -2.96. The summed E-state index contributed by atoms with van der Waals surface area (Å²) in [4.78, 5) is 24.6. The van der Waals surface area contributed by atoms with Gasteiger partial charge in [0.25, 0.3) is 0 Å². The molecule has 0 saturated heterocycles. The van der Waals surface area contributed by atoms with E-state index in [1.165, 1.54) is 18.3 Å². The summed E-state index contributed by atoms with van der Waals surface area (Å²) in [5.74, 6) is -1.27. The number of carboxylic acids is 1. The van der Waals surface area contributed by atoms with Crippen LogP contribution in [0.25, 0.3) is 0 Å². The third-order valence-corrected chi connectivity index (χ3v) is 2.77. The molecule has 0 aliphatic heterocycles. The van der Waals surface area contributed by atoms with Crippen molar-refractivity contribution in [1.29, 1.82) is 0 Å². The lowest BCUT2D eigenvalue weighted by atomic mass is 10.1. The fraction of sp³-hybridized carbons (Fsp3) is 0.143. The highest BCUT2D eigenvalue weighted by Gasteiger charge is 2.16. The van der Waals surface area contributed by atoms with Gasteiger partial charge in [-0.3, -0.25) is 4.79 Å². The number of ether oxygens (including phenoxy) is 1. The summed E-state index contributed by atoms with van der Waals surface area (Å²) in [5, 5.41) is 19.7. The Bertz CT molecular complexity index is 672. The van der Waals surface area contributed by atoms with Crippen LogP contribution in [0, 0.1) is 10.1 Å². The van der Waals surface area contributed by atoms with E-state index in [9.17, 15) is 14.9 Å². The van der Waals surface area contributed by atoms with Gasteiger partial charge in [-0.15, -0.1) is 0 Å². The first-order valence-corrected chi connectivity index (χ1v) is 6.08. The summed E-state index contributed by atoms with van der Waals surface area (Å²) < 4.78 is 5.41. The lowest BCUT2D eigenvalue weighted by Crippen LogP contribution is -2.06. The molecule has 7 heteroatoms. The first-order valence-electron chi connectivity index (χ1n) is 6.08. The van der Waals surface area contributed by atoms with Crippen LogP contribution in [0.1, 0.15) is 11.1 Å². The first-order chi connectivity index (χ1) is 10.1. The molecular formula is C14H12N2O5. The molecule has 1 heterocycles. The van der Waals surface area contributed by atoms with Crippen LogP contribution in [0.4, 0.5) is 5.82 Å². The molecule has 0 spiro atoms. The second-order valence-electron chi connectivity index (χ2n) is 4.21. The Morgan fingerprint density at radius 3 is 2.62 bits per heavy atom. The van der Waals surface area contributed by atoms with E-state index in [1.807, 2.05) is 0 Å². The van der Waals surface area contributed by atoms with E-state index in [0.717, 1.165) is 0 Å². The molecule has 21 heavy (non-hydrogen) atoms. The smallest absolute Gasteiger partial charge is 0.406 e. The molecule has 1 aromatic heterocycles. The molecule has 108 valence electrons. The van der Waals surface area contributed by atoms with Crippen LogP contribution in [-0.2, 0) is 17.8 Å². The zero-order valence-electron chi connectivity index (χ0n) is 10.9. The highest BCUT2D eigenvalue weighted by molar-refractivity contribution is 5.70. The zero-order valence-corrected chi connectivity index (χ0v) is 10.9. The van der Waals surface area contributed by atoms with Crippen molar-refractivity contribution in [1.82, 2.24) is 4.98 Å². The largest absolute Gasteiger partial charge is 0.481 e. The van der Waals surface area contributed by atoms with Crippen molar-refractivity contribution in [2.45, 2.75) is 13.0 Å². The van der Waals surface area contributed by atoms with Gasteiger partial charge in [0.05, 0.1) is 6.42 Å². The standard InChI is InChI=1S/C14H12N2O5/c17-13(18)8-10-4-1-2-5-11(10)9-21-12-6-3-7-15-14(12)16(19)20/h1-7H,8-9H2,(H,17,18). The normalized spacial score (nSPS) is 10.1. The molecule has 0 amide bonds. The van der Waals surface area contributed by atoms with Crippen LogP contribution >= 0.6 is 0 Å². The van der Waals surface area contributed by atoms with Gasteiger partial charge in [0.1, 0.15) is 12.8 Å². The van der Waals surface area contributed by atoms with Crippen LogP contribution in [0.15, 0.2) is 42.6 Å². The highest BCUT2D eigenvalue weighted by atomic mass is 16.6. The second kappa shape index (κ2) is 6.47. The van der Waals surface area contributed by atoms with Crippen LogP contribution in [-0.4, -0.2) is 21.0 Å². The zero-order chi connectivity index (χ0) is 15.2. The number of hydrogen-bond donors (Lipinski definition) is 1. The highest BCUT2D eigenvalue weighted by Crippen LogP contribution is 2.24. The van der Waals surface area contributed by atoms with Crippen molar-refractivity contribution in [3.8, 4) is 5.75 Å². The van der Waals surface area contributed by atoms with E-state index in [1.54, 1.807) is 24.3 Å². The average molecular weight is 288 g/mol. The van der Waals surface area contributed by atoms with Crippen molar-refractivity contribution >= 4 is 11.8 Å². The van der Waals surface area contributed by atoms with Crippen LogP contribution < -0.4 is 4.74 Å². The van der Waals surface area contributed by atoms with Gasteiger partial charge in [-0.05, 0) is 33.2 Å². The van der Waals surface area contributed by atoms with Crippen molar-refractivity contribution in [3.05, 3.63) is 63.8 Å². The third-order valence-electron chi connectivity index (χ3n) is 2.77. The Balaban J connectivity index is 2.17. The van der Waals surface area contributed by atoms with E-state index < -0.39 is 10.9 Å². The molecule has 0 bridgehead atoms. The Morgan fingerprint density at radius 2 is 1.95 bits per heavy atom. The molecule has 0 fully saturated rings. The Labute approximate surface area is 120 Å². The fourth-order valence-corrected chi connectivity index (χ4v) is 1.82. The average Bonchev–Trinajstić information content (AvgIpc) is 2.46. The second-order valence-corrected chi connectivity index (χ2v) is 4.21. The SMILES string of the molecule is O=C(O)Cc1ccccc1COc1cccnc1[N+](=O)[O-]. The van der Waals surface area contributed by atoms with E-state index in [0.29, 0.717) is 11.1 Å². The summed E-state index contributed by atoms with van der Waals surface area (Å²) in [6.45, 7) is 0.0377. The van der Waals surface area contributed by atoms with Crippen molar-refractivity contribution < 1.29 is 19.6 Å². The molecule has 1 aromatic carbocycles. The molecule has 0 unspecified atom stereocenters. The number of benzene rings is 1. The van der Waals surface area contributed by atoms with Gasteiger partial charge in [-0.1, -0.05) is 24.3 Å². The molecule has 0 aliphatic rings. The molecule has 0 aliphatic carbocycles. The lowest BCUT2D eigenvalue weighted by Gasteiger charge is -2.09. The molecule has 0 radical (unpaired) electrons. The number of nitro groups is 1. The number of rotatable bonds is 6. The van der Waals surface area contributed by atoms with Crippen LogP contribution in [0.5, 0.6) is 5.75 Å². The number of carbonyl (C=O) groups is 1. The predicted octanol–water partition coefficient (Wildman–Crippen LogP) is 2.20. The molecule has 2 rings (SSSR count). The number of carboxylic acid groups (broad SMARTS) is 1. The summed E-state index contributed by atoms with van der Waals surface area (Å²) in [7, 11) is 0. The van der Waals surface area contributed by atoms with Crippen molar-refractivity contribution in [2.75, 3.05) is 0 Å². The lowest BCUT2D eigenvalue weighted by molar-refractivity contribution is -0.390. The molecule has 0 saturated carbocycles. The van der Waals surface area contributed by atoms with Gasteiger partial charge in [-0.2, -0.15) is 0 Å². The topological polar surface area (TPSA) is 103 Å². The Kier molecular flexibility index (Phi) is 4.45. The number of aliphatic carboxylic acids is 1. The van der Waals surface area contributed by atoms with Gasteiger partial charge in [0.2, 0.25) is 5.75 Å². The summed E-state index contributed by atoms with van der Waals surface area (Å²) in [5.41, 5.74) is 1.27. The third kappa shape index (κ3) is 3.75. The van der Waals surface area contributed by atoms with Gasteiger partial charge in [0, 0.05) is 0 Å². The van der Waals surface area contributed by atoms with Gasteiger partial charge in [-0.25, -0.2) is 0 Å². The fourth-order valence-electron chi connectivity index (χ4n) is 1.82. The maximum absolute atomic E-state index is 10.8. The number of pyridine rings is 1. The number of aromatic nitrogens is 1. The maximum Gasteiger partial charge on any atom is 0.406 e. The minimum Gasteiger partial charge on any atom is -0.481 e. The number of hydrogen-bond acceptors (Lipinski definition) is 5. The molecule has 1 N–H and O–H groups in total. The molecule has 2 aromatic rings. The van der Waals surface area contributed by atoms with Gasteiger partial charge in [0.15, 0.2) is 0 Å². The van der Waals surface area contributed by atoms with Crippen molar-refractivity contribution in [2.24, 2.45) is 0 Å². The summed E-state index contributed by atoms with van der Waals surface area (Å²) >= 11 is 0. The van der Waals surface area contributed by atoms with Crippen LogP contribution in [0.2, 0.25) is 0 Å². The van der Waals surface area contributed by atoms with E-state index >= 15 is 0 Å². The molecule has 7 nitrogen and oxygen atoms in total. The van der Waals surface area contributed by atoms with Crippen LogP contribution in [0.3, 0.4) is 0 Å². The Morgan fingerprint density at radius 1 is 1.24 bits per heavy atom.